The molecule has 2 aliphatic rings. The number of hydrogen-bond acceptors (Lipinski definition) is 8. The van der Waals surface area contributed by atoms with Crippen LogP contribution in [0.5, 0.6) is 0 Å². The van der Waals surface area contributed by atoms with Gasteiger partial charge in [0.15, 0.2) is 5.54 Å². The SMILES string of the molecule is CCOC(=O)C1=C(C)N(c2ccc(C)cc2)C2(C(=O)OCC)C1=C(C(=O)OCC)C(=O)c1ccccc12. The van der Waals surface area contributed by atoms with Crippen molar-refractivity contribution in [1.29, 1.82) is 0 Å². The van der Waals surface area contributed by atoms with Crippen molar-refractivity contribution in [3.63, 3.8) is 0 Å². The van der Waals surface area contributed by atoms with Crippen LogP contribution in [0, 0.1) is 6.92 Å². The van der Waals surface area contributed by atoms with Gasteiger partial charge in [0.05, 0.1) is 25.4 Å². The van der Waals surface area contributed by atoms with E-state index in [1.54, 1.807) is 56.9 Å². The molecule has 0 spiro atoms. The third kappa shape index (κ3) is 3.84. The van der Waals surface area contributed by atoms with Gasteiger partial charge in [-0.2, -0.15) is 0 Å². The Hall–Kier alpha value is -4.20. The lowest BCUT2D eigenvalue weighted by Gasteiger charge is -2.43. The number of aryl methyl sites for hydroxylation is 1. The molecule has 1 unspecified atom stereocenters. The summed E-state index contributed by atoms with van der Waals surface area (Å²) < 4.78 is 16.3. The van der Waals surface area contributed by atoms with E-state index in [4.69, 9.17) is 14.2 Å². The van der Waals surface area contributed by atoms with Gasteiger partial charge < -0.3 is 19.1 Å². The van der Waals surface area contributed by atoms with Gasteiger partial charge in [-0.3, -0.25) is 4.79 Å². The summed E-state index contributed by atoms with van der Waals surface area (Å²) in [5, 5.41) is 0. The van der Waals surface area contributed by atoms with Gasteiger partial charge in [-0.05, 0) is 46.8 Å². The zero-order valence-electron chi connectivity index (χ0n) is 21.5. The Balaban J connectivity index is 2.23. The number of nitrogens with zero attached hydrogens (tertiary/aromatic N) is 1. The van der Waals surface area contributed by atoms with E-state index in [-0.39, 0.29) is 42.1 Å². The van der Waals surface area contributed by atoms with Crippen molar-refractivity contribution in [2.75, 3.05) is 24.7 Å². The minimum absolute atomic E-state index is 0.00391. The molecule has 0 saturated heterocycles. The average molecular weight is 504 g/mol. The van der Waals surface area contributed by atoms with Crippen molar-refractivity contribution in [3.05, 3.63) is 87.6 Å². The van der Waals surface area contributed by atoms with Gasteiger partial charge in [0.2, 0.25) is 5.78 Å². The van der Waals surface area contributed by atoms with Gasteiger partial charge >= 0.3 is 17.9 Å². The van der Waals surface area contributed by atoms with Gasteiger partial charge in [-0.1, -0.05) is 42.0 Å². The summed E-state index contributed by atoms with van der Waals surface area (Å²) in [6.07, 6.45) is 0. The highest BCUT2D eigenvalue weighted by Gasteiger charge is 2.63. The van der Waals surface area contributed by atoms with Crippen LogP contribution in [0.15, 0.2) is 70.9 Å². The van der Waals surface area contributed by atoms with Gasteiger partial charge in [0.25, 0.3) is 0 Å². The zero-order chi connectivity index (χ0) is 26.9. The molecule has 0 saturated carbocycles. The van der Waals surface area contributed by atoms with Crippen LogP contribution in [-0.2, 0) is 34.1 Å². The summed E-state index contributed by atoms with van der Waals surface area (Å²) in [7, 11) is 0. The van der Waals surface area contributed by atoms with Gasteiger partial charge in [-0.15, -0.1) is 0 Å². The minimum Gasteiger partial charge on any atom is -0.464 e. The van der Waals surface area contributed by atoms with E-state index in [2.05, 4.69) is 0 Å². The highest BCUT2D eigenvalue weighted by molar-refractivity contribution is 6.30. The van der Waals surface area contributed by atoms with Crippen LogP contribution in [0.1, 0.15) is 49.2 Å². The Morgan fingerprint density at radius 3 is 1.95 bits per heavy atom. The van der Waals surface area contributed by atoms with E-state index in [9.17, 15) is 19.2 Å². The first-order valence-corrected chi connectivity index (χ1v) is 12.2. The van der Waals surface area contributed by atoms with E-state index in [0.717, 1.165) is 5.56 Å². The number of benzene rings is 2. The molecule has 0 N–H and O–H groups in total. The number of allylic oxidation sites excluding steroid dienone is 1. The van der Waals surface area contributed by atoms with E-state index < -0.39 is 29.2 Å². The Morgan fingerprint density at radius 1 is 0.784 bits per heavy atom. The number of ketones is 1. The number of esters is 3. The van der Waals surface area contributed by atoms with Crippen LogP contribution < -0.4 is 4.90 Å². The number of carbonyl (C=O) groups excluding carboxylic acids is 4. The number of anilines is 1. The fraction of sp³-hybridized carbons (Fsp3) is 0.310. The molecule has 1 aliphatic heterocycles. The molecule has 0 fully saturated rings. The van der Waals surface area contributed by atoms with Crippen LogP contribution in [0.3, 0.4) is 0 Å². The fourth-order valence-corrected chi connectivity index (χ4v) is 5.11. The molecule has 0 aromatic heterocycles. The fourth-order valence-electron chi connectivity index (χ4n) is 5.11. The quantitative estimate of drug-likeness (QED) is 0.315. The maximum absolute atomic E-state index is 14.2. The summed E-state index contributed by atoms with van der Waals surface area (Å²) in [5.41, 5.74) is 0.0126. The summed E-state index contributed by atoms with van der Waals surface area (Å²) >= 11 is 0. The van der Waals surface area contributed by atoms with Gasteiger partial charge in [0.1, 0.15) is 5.57 Å². The standard InChI is InChI=1S/C29H29NO7/c1-6-35-26(32)22-18(5)30(19-15-13-17(4)14-16-19)29(28(34)37-8-3)21-12-10-9-11-20(21)25(31)23(24(22)29)27(33)36-7-2/h9-16H,6-8H2,1-5H3. The van der Waals surface area contributed by atoms with Crippen LogP contribution in [0.25, 0.3) is 0 Å². The maximum atomic E-state index is 14.2. The first-order valence-electron chi connectivity index (χ1n) is 12.2. The van der Waals surface area contributed by atoms with Crippen molar-refractivity contribution >= 4 is 29.4 Å². The Kier molecular flexibility index (Phi) is 7.03. The second kappa shape index (κ2) is 10.0. The smallest absolute Gasteiger partial charge is 0.342 e. The molecular formula is C29H29NO7. The Bertz CT molecular complexity index is 1350. The first kappa shape index (κ1) is 25.9. The summed E-state index contributed by atoms with van der Waals surface area (Å²) in [6.45, 7) is 8.62. The topological polar surface area (TPSA) is 99.2 Å². The molecule has 1 atom stereocenters. The molecule has 8 heteroatoms. The van der Waals surface area contributed by atoms with Gasteiger partial charge in [0, 0.05) is 28.1 Å². The Labute approximate surface area is 215 Å². The number of carbonyl (C=O) groups is 4. The predicted octanol–water partition coefficient (Wildman–Crippen LogP) is 4.17. The predicted molar refractivity (Wildman–Crippen MR) is 136 cm³/mol. The first-order chi connectivity index (χ1) is 17.7. The van der Waals surface area contributed by atoms with Crippen molar-refractivity contribution in [2.45, 2.75) is 40.2 Å². The molecular weight excluding hydrogens is 474 g/mol. The van der Waals surface area contributed by atoms with Crippen LogP contribution >= 0.6 is 0 Å². The lowest BCUT2D eigenvalue weighted by Crippen LogP contribution is -2.54. The molecule has 1 heterocycles. The second-order valence-electron chi connectivity index (χ2n) is 8.63. The number of fused-ring (bicyclic) bond motifs is 3. The third-order valence-corrected chi connectivity index (χ3v) is 6.51. The molecule has 192 valence electrons. The molecule has 37 heavy (non-hydrogen) atoms. The van der Waals surface area contributed by atoms with E-state index in [1.807, 2.05) is 31.2 Å². The average Bonchev–Trinajstić information content (AvgIpc) is 3.15. The van der Waals surface area contributed by atoms with Crippen LogP contribution in [-0.4, -0.2) is 43.5 Å². The molecule has 1 aliphatic carbocycles. The second-order valence-corrected chi connectivity index (χ2v) is 8.63. The molecule has 2 aromatic carbocycles. The van der Waals surface area contributed by atoms with Crippen molar-refractivity contribution < 1.29 is 33.4 Å². The van der Waals surface area contributed by atoms with Crippen LogP contribution in [0.4, 0.5) is 5.69 Å². The summed E-state index contributed by atoms with van der Waals surface area (Å²) in [6, 6.07) is 13.9. The normalized spacial score (nSPS) is 18.4. The zero-order valence-corrected chi connectivity index (χ0v) is 21.5. The highest BCUT2D eigenvalue weighted by atomic mass is 16.5. The molecule has 4 rings (SSSR count). The Morgan fingerprint density at radius 2 is 1.35 bits per heavy atom. The van der Waals surface area contributed by atoms with E-state index in [1.165, 1.54) is 0 Å². The number of rotatable bonds is 7. The lowest BCUT2D eigenvalue weighted by atomic mass is 9.70. The third-order valence-electron chi connectivity index (χ3n) is 6.51. The molecule has 0 bridgehead atoms. The van der Waals surface area contributed by atoms with Crippen LogP contribution in [0.2, 0.25) is 0 Å². The monoisotopic (exact) mass is 503 g/mol. The highest BCUT2D eigenvalue weighted by Crippen LogP contribution is 2.56. The largest absolute Gasteiger partial charge is 0.464 e. The summed E-state index contributed by atoms with van der Waals surface area (Å²) in [5.74, 6) is -3.05. The van der Waals surface area contributed by atoms with Crippen molar-refractivity contribution in [1.82, 2.24) is 0 Å². The number of Topliss-reactive ketones (excluding diaryl/α,β-unsaturated/α-hetero) is 1. The molecule has 8 nitrogen and oxygen atoms in total. The molecule has 2 aromatic rings. The number of hydrogen-bond donors (Lipinski definition) is 0. The summed E-state index contributed by atoms with van der Waals surface area (Å²) in [4.78, 5) is 56.5. The number of ether oxygens (including phenoxy) is 3. The molecule has 0 radical (unpaired) electrons. The van der Waals surface area contributed by atoms with E-state index >= 15 is 0 Å². The molecule has 0 amide bonds. The van der Waals surface area contributed by atoms with E-state index in [0.29, 0.717) is 16.9 Å². The van der Waals surface area contributed by atoms with Crippen molar-refractivity contribution in [3.8, 4) is 0 Å². The van der Waals surface area contributed by atoms with Crippen molar-refractivity contribution in [2.24, 2.45) is 0 Å². The van der Waals surface area contributed by atoms with Gasteiger partial charge in [-0.25, -0.2) is 14.4 Å². The minimum atomic E-state index is -1.84. The maximum Gasteiger partial charge on any atom is 0.342 e. The lowest BCUT2D eigenvalue weighted by molar-refractivity contribution is -0.148.